The highest BCUT2D eigenvalue weighted by atomic mass is 16.3. The van der Waals surface area contributed by atoms with E-state index in [1.807, 2.05) is 6.92 Å². The van der Waals surface area contributed by atoms with Crippen molar-refractivity contribution in [3.8, 4) is 0 Å². The molecule has 3 N–H and O–H groups in total. The molecule has 5 heteroatoms. The first-order valence-electron chi connectivity index (χ1n) is 5.48. The summed E-state index contributed by atoms with van der Waals surface area (Å²) in [6, 6.07) is 0.201. The van der Waals surface area contributed by atoms with Crippen molar-refractivity contribution in [2.75, 3.05) is 19.6 Å². The Balaban J connectivity index is 1.97. The second-order valence-electron chi connectivity index (χ2n) is 4.52. The Morgan fingerprint density at radius 3 is 2.40 bits per heavy atom. The average Bonchev–Trinajstić information content (AvgIpc) is 2.74. The fraction of sp³-hybridized carbons (Fsp3) is 0.900. The first kappa shape index (κ1) is 10.9. The summed E-state index contributed by atoms with van der Waals surface area (Å²) in [7, 11) is 0. The number of hydrogen-bond acceptors (Lipinski definition) is 4. The van der Waals surface area contributed by atoms with Gasteiger partial charge >= 0.3 is 0 Å². The maximum absolute atomic E-state index is 12.0. The predicted molar refractivity (Wildman–Crippen MR) is 54.2 cm³/mol. The average molecular weight is 214 g/mol. The van der Waals surface area contributed by atoms with Crippen LogP contribution in [0.4, 0.5) is 0 Å². The number of nitrogens with zero attached hydrogens (tertiary/aromatic N) is 1. The number of aliphatic hydroxyl groups is 2. The van der Waals surface area contributed by atoms with Gasteiger partial charge in [-0.05, 0) is 19.9 Å². The summed E-state index contributed by atoms with van der Waals surface area (Å²) in [5.74, 6) is 0.0607. The van der Waals surface area contributed by atoms with Crippen molar-refractivity contribution >= 4 is 5.91 Å². The zero-order valence-electron chi connectivity index (χ0n) is 8.89. The molecule has 0 aromatic heterocycles. The van der Waals surface area contributed by atoms with Crippen molar-refractivity contribution in [2.45, 2.75) is 31.6 Å². The molecule has 0 aromatic carbocycles. The van der Waals surface area contributed by atoms with Gasteiger partial charge in [-0.15, -0.1) is 0 Å². The Morgan fingerprint density at radius 2 is 1.93 bits per heavy atom. The number of β-amino-alcohol motifs (C(OH)–C–C–N with tert-alkyl or cyclic N) is 2. The Kier molecular flexibility index (Phi) is 2.95. The number of amides is 1. The molecule has 2 saturated heterocycles. The summed E-state index contributed by atoms with van der Waals surface area (Å²) in [4.78, 5) is 13.6. The molecule has 2 aliphatic rings. The number of likely N-dealkylation sites (tertiary alicyclic amines) is 1. The van der Waals surface area contributed by atoms with Crippen LogP contribution in [-0.4, -0.2) is 58.9 Å². The van der Waals surface area contributed by atoms with Crippen LogP contribution in [0, 0.1) is 5.92 Å². The smallest absolute Gasteiger partial charge is 0.227 e. The topological polar surface area (TPSA) is 72.8 Å². The van der Waals surface area contributed by atoms with E-state index in [-0.39, 0.29) is 31.0 Å². The van der Waals surface area contributed by atoms with Crippen molar-refractivity contribution in [3.05, 3.63) is 0 Å². The summed E-state index contributed by atoms with van der Waals surface area (Å²) >= 11 is 0. The molecule has 4 unspecified atom stereocenters. The largest absolute Gasteiger partial charge is 0.388 e. The first-order valence-corrected chi connectivity index (χ1v) is 5.48. The lowest BCUT2D eigenvalue weighted by molar-refractivity contribution is -0.135. The van der Waals surface area contributed by atoms with E-state index in [1.165, 1.54) is 0 Å². The monoisotopic (exact) mass is 214 g/mol. The molecular formula is C10H18N2O3. The molecule has 2 rings (SSSR count). The molecular weight excluding hydrogens is 196 g/mol. The number of carbonyl (C=O) groups is 1. The van der Waals surface area contributed by atoms with Crippen LogP contribution in [0.25, 0.3) is 0 Å². The van der Waals surface area contributed by atoms with E-state index < -0.39 is 12.2 Å². The lowest BCUT2D eigenvalue weighted by atomic mass is 10.0. The summed E-state index contributed by atoms with van der Waals surface area (Å²) in [5.41, 5.74) is 0. The van der Waals surface area contributed by atoms with Crippen LogP contribution in [0.3, 0.4) is 0 Å². The zero-order valence-corrected chi connectivity index (χ0v) is 8.89. The van der Waals surface area contributed by atoms with Gasteiger partial charge < -0.3 is 20.4 Å². The summed E-state index contributed by atoms with van der Waals surface area (Å²) in [5, 5.41) is 22.0. The van der Waals surface area contributed by atoms with Gasteiger partial charge in [-0.2, -0.15) is 0 Å². The van der Waals surface area contributed by atoms with Crippen molar-refractivity contribution < 1.29 is 15.0 Å². The van der Waals surface area contributed by atoms with Crippen molar-refractivity contribution in [1.29, 1.82) is 0 Å². The molecule has 0 aliphatic carbocycles. The third kappa shape index (κ3) is 2.00. The molecule has 2 aliphatic heterocycles. The SMILES string of the molecule is CC1NCCC1C(=O)N1CC(O)C(O)C1. The second kappa shape index (κ2) is 4.08. The lowest BCUT2D eigenvalue weighted by Gasteiger charge is -2.22. The van der Waals surface area contributed by atoms with Crippen LogP contribution in [0.5, 0.6) is 0 Å². The van der Waals surface area contributed by atoms with Gasteiger partial charge in [-0.3, -0.25) is 4.79 Å². The van der Waals surface area contributed by atoms with Crippen molar-refractivity contribution in [2.24, 2.45) is 5.92 Å². The van der Waals surface area contributed by atoms with E-state index in [0.29, 0.717) is 0 Å². The third-order valence-electron chi connectivity index (χ3n) is 3.41. The van der Waals surface area contributed by atoms with Gasteiger partial charge in [0.2, 0.25) is 5.91 Å². The van der Waals surface area contributed by atoms with Gasteiger partial charge in [0, 0.05) is 19.1 Å². The first-order chi connectivity index (χ1) is 7.09. The third-order valence-corrected chi connectivity index (χ3v) is 3.41. The summed E-state index contributed by atoms with van der Waals surface area (Å²) < 4.78 is 0. The highest BCUT2D eigenvalue weighted by Gasteiger charge is 2.38. The molecule has 86 valence electrons. The number of rotatable bonds is 1. The summed E-state index contributed by atoms with van der Waals surface area (Å²) in [6.07, 6.45) is -0.708. The number of hydrogen-bond donors (Lipinski definition) is 3. The fourth-order valence-electron chi connectivity index (χ4n) is 2.38. The lowest BCUT2D eigenvalue weighted by Crippen LogP contribution is -2.39. The Labute approximate surface area is 89.1 Å². The van der Waals surface area contributed by atoms with Crippen LogP contribution in [0.1, 0.15) is 13.3 Å². The predicted octanol–water partition coefficient (Wildman–Crippen LogP) is -1.45. The molecule has 2 heterocycles. The van der Waals surface area contributed by atoms with Gasteiger partial charge in [0.15, 0.2) is 0 Å². The van der Waals surface area contributed by atoms with Crippen LogP contribution in [0.15, 0.2) is 0 Å². The summed E-state index contributed by atoms with van der Waals surface area (Å²) in [6.45, 7) is 3.40. The highest BCUT2D eigenvalue weighted by molar-refractivity contribution is 5.80. The van der Waals surface area contributed by atoms with Crippen LogP contribution < -0.4 is 5.32 Å². The van der Waals surface area contributed by atoms with Gasteiger partial charge in [0.25, 0.3) is 0 Å². The minimum Gasteiger partial charge on any atom is -0.388 e. The maximum atomic E-state index is 12.0. The molecule has 4 atom stereocenters. The Morgan fingerprint density at radius 1 is 1.33 bits per heavy atom. The number of aliphatic hydroxyl groups excluding tert-OH is 2. The maximum Gasteiger partial charge on any atom is 0.227 e. The van der Waals surface area contributed by atoms with Crippen LogP contribution in [-0.2, 0) is 4.79 Å². The molecule has 0 radical (unpaired) electrons. The fourth-order valence-corrected chi connectivity index (χ4v) is 2.38. The van der Waals surface area contributed by atoms with Crippen LogP contribution >= 0.6 is 0 Å². The van der Waals surface area contributed by atoms with Gasteiger partial charge in [0.05, 0.1) is 18.1 Å². The molecule has 5 nitrogen and oxygen atoms in total. The van der Waals surface area contributed by atoms with Crippen molar-refractivity contribution in [1.82, 2.24) is 10.2 Å². The van der Waals surface area contributed by atoms with Crippen molar-refractivity contribution in [3.63, 3.8) is 0 Å². The minimum atomic E-state index is -0.779. The Bertz CT molecular complexity index is 249. The van der Waals surface area contributed by atoms with Gasteiger partial charge in [0.1, 0.15) is 0 Å². The normalized spacial score (nSPS) is 41.1. The highest BCUT2D eigenvalue weighted by Crippen LogP contribution is 2.21. The van der Waals surface area contributed by atoms with E-state index in [1.54, 1.807) is 4.90 Å². The number of nitrogens with one attached hydrogen (secondary N) is 1. The van der Waals surface area contributed by atoms with E-state index in [0.717, 1.165) is 13.0 Å². The van der Waals surface area contributed by atoms with E-state index >= 15 is 0 Å². The number of carbonyl (C=O) groups excluding carboxylic acids is 1. The molecule has 1 amide bonds. The Hall–Kier alpha value is -0.650. The minimum absolute atomic E-state index is 0.00231. The molecule has 0 saturated carbocycles. The zero-order chi connectivity index (χ0) is 11.0. The van der Waals surface area contributed by atoms with Gasteiger partial charge in [-0.25, -0.2) is 0 Å². The second-order valence-corrected chi connectivity index (χ2v) is 4.52. The molecule has 0 aromatic rings. The molecule has 15 heavy (non-hydrogen) atoms. The van der Waals surface area contributed by atoms with E-state index in [9.17, 15) is 15.0 Å². The quantitative estimate of drug-likeness (QED) is 0.499. The van der Waals surface area contributed by atoms with E-state index in [4.69, 9.17) is 0 Å². The van der Waals surface area contributed by atoms with E-state index in [2.05, 4.69) is 5.32 Å². The standard InChI is InChI=1S/C10H18N2O3/c1-6-7(2-3-11-6)10(15)12-4-8(13)9(14)5-12/h6-9,11,13-14H,2-5H2,1H3. The molecule has 0 spiro atoms. The van der Waals surface area contributed by atoms with Crippen LogP contribution in [0.2, 0.25) is 0 Å². The molecule has 2 fully saturated rings. The van der Waals surface area contributed by atoms with Gasteiger partial charge in [-0.1, -0.05) is 0 Å². The molecule has 0 bridgehead atoms.